The molecule has 1 amide bonds. The molecule has 1 rings (SSSR count). The van der Waals surface area contributed by atoms with Gasteiger partial charge in [0.25, 0.3) is 0 Å². The van der Waals surface area contributed by atoms with Gasteiger partial charge in [-0.3, -0.25) is 4.79 Å². The van der Waals surface area contributed by atoms with E-state index in [0.717, 1.165) is 11.1 Å². The number of methoxy groups -OCH3 is 1. The zero-order chi connectivity index (χ0) is 13.5. The van der Waals surface area contributed by atoms with Gasteiger partial charge in [0, 0.05) is 13.7 Å². The lowest BCUT2D eigenvalue weighted by Crippen LogP contribution is -2.44. The van der Waals surface area contributed by atoms with Crippen molar-refractivity contribution in [3.8, 4) is 0 Å². The van der Waals surface area contributed by atoms with Gasteiger partial charge >= 0.3 is 0 Å². The number of hydrogen-bond donors (Lipinski definition) is 2. The van der Waals surface area contributed by atoms with E-state index in [-0.39, 0.29) is 17.9 Å². The minimum absolute atomic E-state index is 0.190. The van der Waals surface area contributed by atoms with Crippen LogP contribution in [-0.2, 0) is 22.7 Å². The molecule has 18 heavy (non-hydrogen) atoms. The summed E-state index contributed by atoms with van der Waals surface area (Å²) in [5, 5.41) is 3.18. The van der Waals surface area contributed by atoms with Crippen molar-refractivity contribution in [1.82, 2.24) is 5.32 Å². The molecule has 0 saturated heterocycles. The van der Waals surface area contributed by atoms with Crippen LogP contribution >= 0.6 is 0 Å². The summed E-state index contributed by atoms with van der Waals surface area (Å²) in [5.41, 5.74) is 7.61. The molecular formula is C14H22N2O2. The van der Waals surface area contributed by atoms with E-state index < -0.39 is 0 Å². The predicted octanol–water partition coefficient (Wildman–Crippen LogP) is 1.43. The van der Waals surface area contributed by atoms with E-state index >= 15 is 0 Å². The van der Waals surface area contributed by atoms with Crippen molar-refractivity contribution in [3.63, 3.8) is 0 Å². The Morgan fingerprint density at radius 3 is 2.28 bits per heavy atom. The Morgan fingerprint density at radius 1 is 1.28 bits per heavy atom. The van der Waals surface area contributed by atoms with Gasteiger partial charge in [0.15, 0.2) is 0 Å². The van der Waals surface area contributed by atoms with E-state index in [1.807, 2.05) is 38.1 Å². The summed E-state index contributed by atoms with van der Waals surface area (Å²) in [5.74, 6) is -0.115. The number of nitrogens with one attached hydrogen (secondary N) is 1. The molecule has 0 aliphatic carbocycles. The first-order chi connectivity index (χ1) is 8.54. The number of amides is 1. The van der Waals surface area contributed by atoms with Crippen molar-refractivity contribution in [2.45, 2.75) is 33.0 Å². The van der Waals surface area contributed by atoms with Crippen LogP contribution in [0.15, 0.2) is 24.3 Å². The van der Waals surface area contributed by atoms with Crippen molar-refractivity contribution in [3.05, 3.63) is 35.4 Å². The molecule has 0 aromatic heterocycles. The van der Waals surface area contributed by atoms with Gasteiger partial charge in [0.2, 0.25) is 5.91 Å². The lowest BCUT2D eigenvalue weighted by atomic mass is 10.0. The third-order valence-corrected chi connectivity index (χ3v) is 2.83. The van der Waals surface area contributed by atoms with Gasteiger partial charge in [-0.2, -0.15) is 0 Å². The van der Waals surface area contributed by atoms with Gasteiger partial charge in [0.1, 0.15) is 0 Å². The fourth-order valence-corrected chi connectivity index (χ4v) is 1.81. The average Bonchev–Trinajstić information content (AvgIpc) is 2.31. The Labute approximate surface area is 109 Å². The summed E-state index contributed by atoms with van der Waals surface area (Å²) in [6.07, 6.45) is 0. The maximum Gasteiger partial charge on any atom is 0.234 e. The molecule has 1 aromatic carbocycles. The van der Waals surface area contributed by atoms with Crippen molar-refractivity contribution < 1.29 is 9.53 Å². The predicted molar refractivity (Wildman–Crippen MR) is 71.8 cm³/mol. The van der Waals surface area contributed by atoms with Crippen LogP contribution in [0.5, 0.6) is 0 Å². The van der Waals surface area contributed by atoms with Gasteiger partial charge < -0.3 is 15.8 Å². The molecule has 1 unspecified atom stereocenters. The second kappa shape index (κ2) is 7.13. The van der Waals surface area contributed by atoms with Crippen LogP contribution in [0.1, 0.15) is 25.0 Å². The Balaban J connectivity index is 2.54. The number of nitrogens with two attached hydrogens (primary N) is 1. The van der Waals surface area contributed by atoms with Crippen LogP contribution in [0.25, 0.3) is 0 Å². The molecule has 0 bridgehead atoms. The van der Waals surface area contributed by atoms with Gasteiger partial charge in [-0.1, -0.05) is 38.1 Å². The SMILES string of the molecule is COCc1ccc(CNC(C(N)=O)C(C)C)cc1. The Kier molecular flexibility index (Phi) is 5.82. The highest BCUT2D eigenvalue weighted by Gasteiger charge is 2.18. The summed E-state index contributed by atoms with van der Waals surface area (Å²) in [7, 11) is 1.68. The molecule has 0 aliphatic heterocycles. The minimum Gasteiger partial charge on any atom is -0.380 e. The molecule has 4 heteroatoms. The maximum atomic E-state index is 11.2. The quantitative estimate of drug-likeness (QED) is 0.769. The first-order valence-electron chi connectivity index (χ1n) is 6.14. The monoisotopic (exact) mass is 250 g/mol. The van der Waals surface area contributed by atoms with Crippen LogP contribution < -0.4 is 11.1 Å². The van der Waals surface area contributed by atoms with Crippen molar-refractivity contribution in [2.24, 2.45) is 11.7 Å². The molecule has 0 heterocycles. The maximum absolute atomic E-state index is 11.2. The van der Waals surface area contributed by atoms with Gasteiger partial charge in [0.05, 0.1) is 12.6 Å². The van der Waals surface area contributed by atoms with Crippen LogP contribution in [0.3, 0.4) is 0 Å². The molecule has 100 valence electrons. The van der Waals surface area contributed by atoms with Crippen molar-refractivity contribution in [1.29, 1.82) is 0 Å². The van der Waals surface area contributed by atoms with Crippen molar-refractivity contribution in [2.75, 3.05) is 7.11 Å². The Bertz CT molecular complexity index is 374. The smallest absolute Gasteiger partial charge is 0.234 e. The van der Waals surface area contributed by atoms with E-state index in [9.17, 15) is 4.79 Å². The summed E-state index contributed by atoms with van der Waals surface area (Å²) in [6.45, 7) is 5.21. The largest absolute Gasteiger partial charge is 0.380 e. The lowest BCUT2D eigenvalue weighted by Gasteiger charge is -2.19. The molecule has 0 radical (unpaired) electrons. The highest BCUT2D eigenvalue weighted by atomic mass is 16.5. The summed E-state index contributed by atoms with van der Waals surface area (Å²) >= 11 is 0. The summed E-state index contributed by atoms with van der Waals surface area (Å²) in [4.78, 5) is 11.2. The number of carbonyl (C=O) groups excluding carboxylic acids is 1. The number of benzene rings is 1. The molecule has 0 spiro atoms. The van der Waals surface area contributed by atoms with Crippen molar-refractivity contribution >= 4 is 5.91 Å². The zero-order valence-electron chi connectivity index (χ0n) is 11.3. The van der Waals surface area contributed by atoms with Gasteiger partial charge in [-0.05, 0) is 17.0 Å². The third kappa shape index (κ3) is 4.47. The van der Waals surface area contributed by atoms with Crippen LogP contribution in [0.4, 0.5) is 0 Å². The number of rotatable bonds is 7. The summed E-state index contributed by atoms with van der Waals surface area (Å²) < 4.78 is 5.05. The highest BCUT2D eigenvalue weighted by molar-refractivity contribution is 5.80. The fraction of sp³-hybridized carbons (Fsp3) is 0.500. The fourth-order valence-electron chi connectivity index (χ4n) is 1.81. The third-order valence-electron chi connectivity index (χ3n) is 2.83. The van der Waals surface area contributed by atoms with Crippen LogP contribution in [0, 0.1) is 5.92 Å². The number of ether oxygens (including phenoxy) is 1. The average molecular weight is 250 g/mol. The van der Waals surface area contributed by atoms with Gasteiger partial charge in [-0.15, -0.1) is 0 Å². The summed E-state index contributed by atoms with van der Waals surface area (Å²) in [6, 6.07) is 7.81. The molecule has 3 N–H and O–H groups in total. The standard InChI is InChI=1S/C14H22N2O2/c1-10(2)13(14(15)17)16-8-11-4-6-12(7-5-11)9-18-3/h4-7,10,13,16H,8-9H2,1-3H3,(H2,15,17). The first kappa shape index (κ1) is 14.7. The van der Waals surface area contributed by atoms with Gasteiger partial charge in [-0.25, -0.2) is 0 Å². The lowest BCUT2D eigenvalue weighted by molar-refractivity contribution is -0.121. The first-order valence-corrected chi connectivity index (χ1v) is 6.14. The normalized spacial score (nSPS) is 12.7. The molecule has 4 nitrogen and oxygen atoms in total. The second-order valence-electron chi connectivity index (χ2n) is 4.75. The zero-order valence-corrected chi connectivity index (χ0v) is 11.3. The molecule has 1 atom stereocenters. The van der Waals surface area contributed by atoms with Crippen LogP contribution in [-0.4, -0.2) is 19.1 Å². The highest BCUT2D eigenvalue weighted by Crippen LogP contribution is 2.07. The molecule has 0 saturated carbocycles. The van der Waals surface area contributed by atoms with E-state index in [1.54, 1.807) is 7.11 Å². The molecule has 0 fully saturated rings. The van der Waals surface area contributed by atoms with E-state index in [0.29, 0.717) is 13.2 Å². The van der Waals surface area contributed by atoms with E-state index in [1.165, 1.54) is 0 Å². The molecule has 1 aromatic rings. The van der Waals surface area contributed by atoms with Crippen LogP contribution in [0.2, 0.25) is 0 Å². The topological polar surface area (TPSA) is 64.3 Å². The molecular weight excluding hydrogens is 228 g/mol. The Morgan fingerprint density at radius 2 is 1.83 bits per heavy atom. The number of hydrogen-bond acceptors (Lipinski definition) is 3. The minimum atomic E-state index is -0.305. The Hall–Kier alpha value is -1.39. The molecule has 0 aliphatic rings. The van der Waals surface area contributed by atoms with E-state index in [2.05, 4.69) is 5.32 Å². The van der Waals surface area contributed by atoms with E-state index in [4.69, 9.17) is 10.5 Å². The number of carbonyl (C=O) groups is 1. The number of primary amides is 1. The second-order valence-corrected chi connectivity index (χ2v) is 4.75.